The first-order valence-electron chi connectivity index (χ1n) is 8.65. The van der Waals surface area contributed by atoms with Crippen LogP contribution in [0.5, 0.6) is 5.75 Å². The van der Waals surface area contributed by atoms with Gasteiger partial charge in [0.2, 0.25) is 0 Å². The van der Waals surface area contributed by atoms with Crippen LogP contribution >= 0.6 is 0 Å². The van der Waals surface area contributed by atoms with Crippen molar-refractivity contribution < 1.29 is 31.9 Å². The van der Waals surface area contributed by atoms with E-state index in [0.29, 0.717) is 16.7 Å². The second kappa shape index (κ2) is 8.08. The molecule has 0 saturated carbocycles. The van der Waals surface area contributed by atoms with Crippen LogP contribution in [0.15, 0.2) is 38.9 Å². The summed E-state index contributed by atoms with van der Waals surface area (Å²) in [6, 6.07) is 4.15. The second-order valence-electron chi connectivity index (χ2n) is 6.52. The Morgan fingerprint density at radius 1 is 1.31 bits per heavy atom. The Morgan fingerprint density at radius 2 is 2.07 bits per heavy atom. The lowest BCUT2D eigenvalue weighted by molar-refractivity contribution is -0.139. The maximum atomic E-state index is 12.2. The summed E-state index contributed by atoms with van der Waals surface area (Å²) in [6.45, 7) is 1.37. The van der Waals surface area contributed by atoms with Crippen LogP contribution in [0.25, 0.3) is 11.0 Å². The van der Waals surface area contributed by atoms with Crippen LogP contribution in [0, 0.1) is 6.92 Å². The van der Waals surface area contributed by atoms with Crippen LogP contribution in [0.3, 0.4) is 0 Å². The molecule has 1 atom stereocenters. The number of nitrogens with one attached hydrogen (secondary N) is 1. The molecular weight excluding hydrogens is 402 g/mol. The zero-order valence-electron chi connectivity index (χ0n) is 15.8. The van der Waals surface area contributed by atoms with E-state index in [0.717, 1.165) is 5.41 Å². The zero-order valence-corrected chi connectivity index (χ0v) is 16.6. The molecule has 1 aliphatic rings. The number of esters is 1. The molecule has 10 heteroatoms. The number of hydrogen-bond donors (Lipinski definition) is 1. The summed E-state index contributed by atoms with van der Waals surface area (Å²) in [5.74, 6) is -0.906. The van der Waals surface area contributed by atoms with Gasteiger partial charge >= 0.3 is 11.6 Å². The molecule has 1 aliphatic heterocycles. The first-order valence-corrected chi connectivity index (χ1v) is 10.4. The number of amides is 1. The maximum absolute atomic E-state index is 12.2. The van der Waals surface area contributed by atoms with Crippen LogP contribution in [-0.4, -0.2) is 45.8 Å². The molecule has 1 N–H and O–H groups in total. The van der Waals surface area contributed by atoms with Gasteiger partial charge in [0.25, 0.3) is 5.91 Å². The fourth-order valence-electron chi connectivity index (χ4n) is 2.95. The first-order chi connectivity index (χ1) is 13.7. The van der Waals surface area contributed by atoms with Gasteiger partial charge in [0, 0.05) is 16.9 Å². The summed E-state index contributed by atoms with van der Waals surface area (Å²) in [7, 11) is -2.02. The molecule has 0 bridgehead atoms. The predicted molar refractivity (Wildman–Crippen MR) is 103 cm³/mol. The zero-order chi connectivity index (χ0) is 21.2. The number of fused-ring (bicyclic) bond motifs is 1. The second-order valence-corrected chi connectivity index (χ2v) is 8.46. The number of sulfone groups is 1. The predicted octanol–water partition coefficient (Wildman–Crippen LogP) is 0.623. The summed E-state index contributed by atoms with van der Waals surface area (Å²) in [5.41, 5.74) is 0.422. The molecule has 1 unspecified atom stereocenters. The van der Waals surface area contributed by atoms with Gasteiger partial charge in [0.15, 0.2) is 16.4 Å². The fourth-order valence-corrected chi connectivity index (χ4v) is 4.18. The van der Waals surface area contributed by atoms with E-state index in [1.165, 1.54) is 19.3 Å². The van der Waals surface area contributed by atoms with E-state index in [4.69, 9.17) is 9.15 Å². The molecule has 154 valence electrons. The van der Waals surface area contributed by atoms with Gasteiger partial charge in [-0.15, -0.1) is 0 Å². The van der Waals surface area contributed by atoms with Gasteiger partial charge in [-0.2, -0.15) is 0 Å². The van der Waals surface area contributed by atoms with Gasteiger partial charge in [0.05, 0.1) is 30.9 Å². The number of carbonyl (C=O) groups is 2. The Balaban J connectivity index is 1.70. The highest BCUT2D eigenvalue weighted by molar-refractivity contribution is 7.94. The summed E-state index contributed by atoms with van der Waals surface area (Å²) < 4.78 is 38.0. The third-order valence-electron chi connectivity index (χ3n) is 4.45. The largest absolute Gasteiger partial charge is 0.484 e. The van der Waals surface area contributed by atoms with Crippen LogP contribution in [0.1, 0.15) is 11.1 Å². The average molecular weight is 421 g/mol. The van der Waals surface area contributed by atoms with Crippen molar-refractivity contribution >= 4 is 32.7 Å². The SMILES string of the molecule is COC(=O)Cc1c(C)c2ccc(OCC(=O)NC3C=CS(=O)(=O)C3)cc2oc1=O. The summed E-state index contributed by atoms with van der Waals surface area (Å²) in [6.07, 6.45) is 1.22. The van der Waals surface area contributed by atoms with E-state index >= 15 is 0 Å². The van der Waals surface area contributed by atoms with Crippen LogP contribution in [0.2, 0.25) is 0 Å². The lowest BCUT2D eigenvalue weighted by atomic mass is 10.0. The lowest BCUT2D eigenvalue weighted by Crippen LogP contribution is -2.38. The fraction of sp³-hybridized carbons (Fsp3) is 0.316. The Bertz CT molecular complexity index is 1160. The van der Waals surface area contributed by atoms with E-state index in [1.807, 2.05) is 0 Å². The molecule has 0 saturated heterocycles. The summed E-state index contributed by atoms with van der Waals surface area (Å²) >= 11 is 0. The minimum atomic E-state index is -3.26. The molecule has 0 radical (unpaired) electrons. The molecule has 1 aromatic heterocycles. The Labute approximate surface area is 166 Å². The normalized spacial score (nSPS) is 17.2. The van der Waals surface area contributed by atoms with Gasteiger partial charge in [-0.3, -0.25) is 9.59 Å². The number of aryl methyl sites for hydroxylation is 1. The van der Waals surface area contributed by atoms with E-state index in [9.17, 15) is 22.8 Å². The first kappa shape index (κ1) is 20.6. The van der Waals surface area contributed by atoms with E-state index < -0.39 is 33.4 Å². The summed E-state index contributed by atoms with van der Waals surface area (Å²) in [4.78, 5) is 35.6. The monoisotopic (exact) mass is 421 g/mol. The van der Waals surface area contributed by atoms with Gasteiger partial charge < -0.3 is 19.2 Å². The van der Waals surface area contributed by atoms with Crippen LogP contribution in [0.4, 0.5) is 0 Å². The molecule has 0 aliphatic carbocycles. The minimum absolute atomic E-state index is 0.174. The number of methoxy groups -OCH3 is 1. The van der Waals surface area contributed by atoms with Gasteiger partial charge in [-0.05, 0) is 30.7 Å². The smallest absolute Gasteiger partial charge is 0.340 e. The van der Waals surface area contributed by atoms with Crippen molar-refractivity contribution in [3.8, 4) is 5.75 Å². The van der Waals surface area contributed by atoms with E-state index in [-0.39, 0.29) is 29.9 Å². The van der Waals surface area contributed by atoms with Crippen molar-refractivity contribution in [2.24, 2.45) is 0 Å². The Kier molecular flexibility index (Phi) is 5.73. The highest BCUT2D eigenvalue weighted by atomic mass is 32.2. The summed E-state index contributed by atoms with van der Waals surface area (Å²) in [5, 5.41) is 4.24. The molecule has 1 aromatic carbocycles. The van der Waals surface area contributed by atoms with Crippen molar-refractivity contribution in [1.29, 1.82) is 0 Å². The van der Waals surface area contributed by atoms with Crippen molar-refractivity contribution in [2.45, 2.75) is 19.4 Å². The number of benzene rings is 1. The van der Waals surface area contributed by atoms with Crippen molar-refractivity contribution in [1.82, 2.24) is 5.32 Å². The maximum Gasteiger partial charge on any atom is 0.340 e. The molecule has 0 spiro atoms. The molecule has 2 aromatic rings. The van der Waals surface area contributed by atoms with E-state index in [2.05, 4.69) is 10.1 Å². The van der Waals surface area contributed by atoms with Gasteiger partial charge in [-0.25, -0.2) is 13.2 Å². The molecule has 2 heterocycles. The van der Waals surface area contributed by atoms with Crippen LogP contribution in [-0.2, 0) is 30.6 Å². The van der Waals surface area contributed by atoms with Crippen molar-refractivity contribution in [3.05, 3.63) is 51.2 Å². The quantitative estimate of drug-likeness (QED) is 0.531. The topological polar surface area (TPSA) is 129 Å². The average Bonchev–Trinajstić information content (AvgIpc) is 3.01. The van der Waals surface area contributed by atoms with Gasteiger partial charge in [-0.1, -0.05) is 0 Å². The third-order valence-corrected chi connectivity index (χ3v) is 5.85. The highest BCUT2D eigenvalue weighted by Gasteiger charge is 2.23. The van der Waals surface area contributed by atoms with Crippen molar-refractivity contribution in [3.63, 3.8) is 0 Å². The van der Waals surface area contributed by atoms with Crippen molar-refractivity contribution in [2.75, 3.05) is 19.5 Å². The highest BCUT2D eigenvalue weighted by Crippen LogP contribution is 2.24. The number of carbonyl (C=O) groups excluding carboxylic acids is 2. The molecular formula is C19H19NO8S. The third kappa shape index (κ3) is 4.83. The number of ether oxygens (including phenoxy) is 2. The molecule has 1 amide bonds. The number of hydrogen-bond acceptors (Lipinski definition) is 8. The Hall–Kier alpha value is -3.14. The Morgan fingerprint density at radius 3 is 2.72 bits per heavy atom. The molecule has 0 fully saturated rings. The molecule has 29 heavy (non-hydrogen) atoms. The number of rotatable bonds is 6. The molecule has 3 rings (SSSR count). The van der Waals surface area contributed by atoms with Crippen LogP contribution < -0.4 is 15.7 Å². The minimum Gasteiger partial charge on any atom is -0.484 e. The van der Waals surface area contributed by atoms with E-state index in [1.54, 1.807) is 19.1 Å². The standard InChI is InChI=1S/C19H19NO8S/c1-11-14-4-3-13(7-16(14)28-19(23)15(11)8-18(22)26-2)27-9-17(21)20-12-5-6-29(24,25)10-12/h3-7,12H,8-10H2,1-2H3,(H,20,21). The van der Waals surface area contributed by atoms with Gasteiger partial charge in [0.1, 0.15) is 11.3 Å². The molecule has 9 nitrogen and oxygen atoms in total. The lowest BCUT2D eigenvalue weighted by Gasteiger charge is -2.12.